The molecule has 1 N–H and O–H groups in total. The first-order valence-corrected chi connectivity index (χ1v) is 11.6. The Balaban J connectivity index is 1.37. The molecule has 8 nitrogen and oxygen atoms in total. The molecule has 0 bridgehead atoms. The number of fused-ring (bicyclic) bond motifs is 2. The van der Waals surface area contributed by atoms with Crippen LogP contribution < -0.4 is 15.8 Å². The first kappa shape index (κ1) is 18.9. The van der Waals surface area contributed by atoms with Gasteiger partial charge in [-0.25, -0.2) is 14.5 Å². The molecule has 0 amide bonds. The van der Waals surface area contributed by atoms with Crippen LogP contribution in [0.1, 0.15) is 30.5 Å². The summed E-state index contributed by atoms with van der Waals surface area (Å²) in [5, 5.41) is 9.25. The number of thiazole rings is 1. The van der Waals surface area contributed by atoms with Crippen LogP contribution in [0, 0.1) is 19.3 Å². The lowest BCUT2D eigenvalue weighted by Gasteiger charge is -2.33. The molecule has 2 saturated heterocycles. The maximum atomic E-state index is 12.9. The van der Waals surface area contributed by atoms with Gasteiger partial charge in [0, 0.05) is 25.4 Å². The smallest absolute Gasteiger partial charge is 0.259 e. The number of hydrogen-bond donors (Lipinski definition) is 1. The van der Waals surface area contributed by atoms with E-state index in [4.69, 9.17) is 4.98 Å². The Labute approximate surface area is 183 Å². The zero-order valence-electron chi connectivity index (χ0n) is 17.8. The van der Waals surface area contributed by atoms with E-state index in [-0.39, 0.29) is 5.56 Å². The molecule has 0 aromatic carbocycles. The molecule has 4 aromatic heterocycles. The van der Waals surface area contributed by atoms with Crippen molar-refractivity contribution in [2.45, 2.75) is 33.1 Å². The Morgan fingerprint density at radius 1 is 1.06 bits per heavy atom. The predicted octanol–water partition coefficient (Wildman–Crippen LogP) is 2.66. The molecule has 2 aliphatic heterocycles. The summed E-state index contributed by atoms with van der Waals surface area (Å²) in [6.45, 7) is 8.29. The first-order valence-electron chi connectivity index (χ1n) is 10.8. The highest BCUT2D eigenvalue weighted by Gasteiger charge is 2.39. The maximum absolute atomic E-state index is 12.9. The lowest BCUT2D eigenvalue weighted by Crippen LogP contribution is -2.38. The Bertz CT molecular complexity index is 1360. The third-order valence-corrected chi connectivity index (χ3v) is 7.80. The van der Waals surface area contributed by atoms with Gasteiger partial charge in [0.2, 0.25) is 0 Å². The predicted molar refractivity (Wildman–Crippen MR) is 122 cm³/mol. The van der Waals surface area contributed by atoms with Gasteiger partial charge in [-0.3, -0.25) is 9.20 Å². The van der Waals surface area contributed by atoms with Crippen molar-refractivity contribution in [1.82, 2.24) is 29.3 Å². The van der Waals surface area contributed by atoms with E-state index in [0.717, 1.165) is 48.1 Å². The standard InChI is InChI=1S/C22H25N7OS/c1-14-9-17(26-29-11-15(2)24-20(14)29)16-10-18(30)28-12-19(31-21(28)25-16)27-8-5-22(13-27)3-6-23-7-4-22/h9-12,23H,3-8,13H2,1-2H3. The van der Waals surface area contributed by atoms with Crippen LogP contribution in [0.5, 0.6) is 0 Å². The third-order valence-electron chi connectivity index (χ3n) is 6.76. The van der Waals surface area contributed by atoms with Crippen molar-refractivity contribution in [2.24, 2.45) is 5.41 Å². The van der Waals surface area contributed by atoms with Gasteiger partial charge in [0.15, 0.2) is 10.6 Å². The second-order valence-corrected chi connectivity index (χ2v) is 9.97. The minimum absolute atomic E-state index is 0.0698. The molecule has 2 fully saturated rings. The van der Waals surface area contributed by atoms with Crippen LogP contribution in [-0.2, 0) is 0 Å². The van der Waals surface area contributed by atoms with Crippen LogP contribution in [0.15, 0.2) is 29.3 Å². The van der Waals surface area contributed by atoms with Gasteiger partial charge in [-0.15, -0.1) is 0 Å². The SMILES string of the molecule is Cc1cn2nc(-c3cc(=O)n4cc(N5CCC6(CCNCC6)C5)sc4n3)cc(C)c2n1. The monoisotopic (exact) mass is 435 g/mol. The van der Waals surface area contributed by atoms with Crippen molar-refractivity contribution in [3.63, 3.8) is 0 Å². The maximum Gasteiger partial charge on any atom is 0.259 e. The fourth-order valence-corrected chi connectivity index (χ4v) is 6.04. The zero-order chi connectivity index (χ0) is 21.2. The molecule has 0 atom stereocenters. The highest BCUT2D eigenvalue weighted by molar-refractivity contribution is 7.20. The average molecular weight is 436 g/mol. The van der Waals surface area contributed by atoms with Gasteiger partial charge in [0.05, 0.1) is 17.6 Å². The minimum Gasteiger partial charge on any atom is -0.362 e. The summed E-state index contributed by atoms with van der Waals surface area (Å²) < 4.78 is 3.44. The Hall–Kier alpha value is -2.78. The van der Waals surface area contributed by atoms with Crippen LogP contribution in [0.4, 0.5) is 5.00 Å². The number of hydrogen-bond acceptors (Lipinski definition) is 7. The van der Waals surface area contributed by atoms with Gasteiger partial charge in [-0.2, -0.15) is 5.10 Å². The van der Waals surface area contributed by atoms with E-state index >= 15 is 0 Å². The first-order chi connectivity index (χ1) is 15.0. The number of aryl methyl sites for hydroxylation is 2. The van der Waals surface area contributed by atoms with Crippen LogP contribution in [0.3, 0.4) is 0 Å². The Kier molecular flexibility index (Phi) is 4.19. The number of piperidine rings is 1. The van der Waals surface area contributed by atoms with E-state index in [2.05, 4.69) is 20.3 Å². The lowest BCUT2D eigenvalue weighted by atomic mass is 9.78. The van der Waals surface area contributed by atoms with Crippen molar-refractivity contribution in [1.29, 1.82) is 0 Å². The Morgan fingerprint density at radius 3 is 2.74 bits per heavy atom. The number of anilines is 1. The molecule has 6 rings (SSSR count). The quantitative estimate of drug-likeness (QED) is 0.522. The van der Waals surface area contributed by atoms with Crippen LogP contribution in [0.25, 0.3) is 22.0 Å². The van der Waals surface area contributed by atoms with E-state index in [1.807, 2.05) is 32.3 Å². The molecule has 0 radical (unpaired) electrons. The third kappa shape index (κ3) is 3.14. The van der Waals surface area contributed by atoms with Gasteiger partial charge >= 0.3 is 0 Å². The molecule has 1 spiro atoms. The zero-order valence-corrected chi connectivity index (χ0v) is 18.6. The largest absolute Gasteiger partial charge is 0.362 e. The van der Waals surface area contributed by atoms with Crippen LogP contribution >= 0.6 is 11.3 Å². The molecule has 6 heterocycles. The van der Waals surface area contributed by atoms with Crippen molar-refractivity contribution in [3.8, 4) is 11.4 Å². The summed E-state index contributed by atoms with van der Waals surface area (Å²) in [4.78, 5) is 25.4. The van der Waals surface area contributed by atoms with E-state index in [0.29, 0.717) is 21.8 Å². The molecular weight excluding hydrogens is 410 g/mol. The minimum atomic E-state index is -0.0698. The van der Waals surface area contributed by atoms with Gasteiger partial charge in [-0.05, 0) is 63.2 Å². The van der Waals surface area contributed by atoms with Gasteiger partial charge in [0.25, 0.3) is 5.56 Å². The van der Waals surface area contributed by atoms with Gasteiger partial charge in [-0.1, -0.05) is 11.3 Å². The highest BCUT2D eigenvalue weighted by Crippen LogP contribution is 2.41. The molecule has 31 heavy (non-hydrogen) atoms. The number of imidazole rings is 1. The van der Waals surface area contributed by atoms with Gasteiger partial charge < -0.3 is 10.2 Å². The molecular formula is C22H25N7OS. The molecule has 0 unspecified atom stereocenters. The second-order valence-electron chi connectivity index (χ2n) is 8.99. The molecule has 4 aromatic rings. The summed E-state index contributed by atoms with van der Waals surface area (Å²) in [5.74, 6) is 0. The molecule has 160 valence electrons. The normalized spacial score (nSPS) is 18.6. The summed E-state index contributed by atoms with van der Waals surface area (Å²) in [5.41, 5.74) is 4.40. The second kappa shape index (κ2) is 6.86. The van der Waals surface area contributed by atoms with Gasteiger partial charge in [0.1, 0.15) is 10.7 Å². The van der Waals surface area contributed by atoms with E-state index in [1.54, 1.807) is 26.3 Å². The molecule has 2 aliphatic rings. The lowest BCUT2D eigenvalue weighted by molar-refractivity contribution is 0.232. The summed E-state index contributed by atoms with van der Waals surface area (Å²) in [6, 6.07) is 3.54. The van der Waals surface area contributed by atoms with Crippen molar-refractivity contribution >= 4 is 26.9 Å². The number of aromatic nitrogens is 5. The van der Waals surface area contributed by atoms with Crippen LogP contribution in [-0.4, -0.2) is 50.2 Å². The summed E-state index contributed by atoms with van der Waals surface area (Å²) in [7, 11) is 0. The topological polar surface area (TPSA) is 79.8 Å². The molecule has 9 heteroatoms. The van der Waals surface area contributed by atoms with Crippen molar-refractivity contribution in [3.05, 3.63) is 46.1 Å². The van der Waals surface area contributed by atoms with Crippen molar-refractivity contribution < 1.29 is 0 Å². The molecule has 0 aliphatic carbocycles. The highest BCUT2D eigenvalue weighted by atomic mass is 32.1. The fraction of sp³-hybridized carbons (Fsp3) is 0.455. The number of nitrogens with one attached hydrogen (secondary N) is 1. The fourth-order valence-electron chi connectivity index (χ4n) is 5.03. The van der Waals surface area contributed by atoms with Crippen molar-refractivity contribution in [2.75, 3.05) is 31.1 Å². The average Bonchev–Trinajstić information content (AvgIpc) is 3.45. The summed E-state index contributed by atoms with van der Waals surface area (Å²) >= 11 is 1.59. The summed E-state index contributed by atoms with van der Waals surface area (Å²) in [6.07, 6.45) is 7.55. The number of nitrogens with zero attached hydrogens (tertiary/aromatic N) is 6. The van der Waals surface area contributed by atoms with E-state index < -0.39 is 0 Å². The Morgan fingerprint density at radius 2 is 1.90 bits per heavy atom. The van der Waals surface area contributed by atoms with Crippen LogP contribution in [0.2, 0.25) is 0 Å². The van der Waals surface area contributed by atoms with E-state index in [1.165, 1.54) is 19.3 Å². The van der Waals surface area contributed by atoms with E-state index in [9.17, 15) is 4.79 Å². The molecule has 0 saturated carbocycles. The number of rotatable bonds is 2.